The van der Waals surface area contributed by atoms with Crippen LogP contribution in [0.4, 0.5) is 5.82 Å². The van der Waals surface area contributed by atoms with Crippen molar-refractivity contribution in [1.82, 2.24) is 25.1 Å². The van der Waals surface area contributed by atoms with E-state index in [1.165, 1.54) is 6.20 Å². The Balaban J connectivity index is 1.99. The molecule has 0 fully saturated rings. The second kappa shape index (κ2) is 5.26. The molecule has 2 aromatic rings. The first-order valence-corrected chi connectivity index (χ1v) is 5.45. The van der Waals surface area contributed by atoms with Crippen LogP contribution in [0.15, 0.2) is 24.7 Å². The topological polar surface area (TPSA) is 84.7 Å². The molecule has 2 rings (SSSR count). The van der Waals surface area contributed by atoms with Crippen LogP contribution in [0.1, 0.15) is 16.2 Å². The lowest BCUT2D eigenvalue weighted by Crippen LogP contribution is -2.24. The molecule has 18 heavy (non-hydrogen) atoms. The molecule has 0 radical (unpaired) electrons. The molecule has 2 heterocycles. The molecule has 0 bridgehead atoms. The van der Waals surface area contributed by atoms with E-state index in [2.05, 4.69) is 25.7 Å². The molecule has 0 aliphatic carbocycles. The van der Waals surface area contributed by atoms with Crippen molar-refractivity contribution >= 4 is 11.7 Å². The van der Waals surface area contributed by atoms with Crippen LogP contribution >= 0.6 is 0 Å². The third-order valence-corrected chi connectivity index (χ3v) is 2.32. The van der Waals surface area contributed by atoms with Crippen molar-refractivity contribution in [2.45, 2.75) is 6.54 Å². The SMILES string of the molecule is CNc1cncc(C(=O)NCc2ccn(C)n2)n1. The zero-order valence-electron chi connectivity index (χ0n) is 10.2. The van der Waals surface area contributed by atoms with Crippen molar-refractivity contribution in [1.29, 1.82) is 0 Å². The smallest absolute Gasteiger partial charge is 0.271 e. The monoisotopic (exact) mass is 246 g/mol. The fourth-order valence-corrected chi connectivity index (χ4v) is 1.41. The Labute approximate surface area is 104 Å². The van der Waals surface area contributed by atoms with E-state index in [-0.39, 0.29) is 11.6 Å². The summed E-state index contributed by atoms with van der Waals surface area (Å²) in [5.74, 6) is 0.283. The summed E-state index contributed by atoms with van der Waals surface area (Å²) in [7, 11) is 3.55. The third kappa shape index (κ3) is 2.82. The molecular formula is C11H14N6O. The van der Waals surface area contributed by atoms with Gasteiger partial charge in [-0.15, -0.1) is 0 Å². The van der Waals surface area contributed by atoms with E-state index in [4.69, 9.17) is 0 Å². The molecule has 1 amide bonds. The van der Waals surface area contributed by atoms with Crippen LogP contribution < -0.4 is 10.6 Å². The molecule has 0 saturated carbocycles. The minimum atomic E-state index is -0.273. The predicted molar refractivity (Wildman–Crippen MR) is 66.0 cm³/mol. The summed E-state index contributed by atoms with van der Waals surface area (Å²) in [6, 6.07) is 1.84. The first kappa shape index (κ1) is 12.0. The van der Waals surface area contributed by atoms with Crippen LogP contribution in [0, 0.1) is 0 Å². The maximum atomic E-state index is 11.8. The molecule has 0 spiro atoms. The highest BCUT2D eigenvalue weighted by atomic mass is 16.1. The number of rotatable bonds is 4. The molecule has 2 aromatic heterocycles. The minimum Gasteiger partial charge on any atom is -0.372 e. The van der Waals surface area contributed by atoms with E-state index in [1.807, 2.05) is 19.3 Å². The molecule has 94 valence electrons. The van der Waals surface area contributed by atoms with Crippen molar-refractivity contribution in [3.8, 4) is 0 Å². The van der Waals surface area contributed by atoms with Gasteiger partial charge in [0, 0.05) is 20.3 Å². The van der Waals surface area contributed by atoms with E-state index in [0.29, 0.717) is 12.4 Å². The Morgan fingerprint density at radius 2 is 2.28 bits per heavy atom. The molecule has 7 nitrogen and oxygen atoms in total. The Kier molecular flexibility index (Phi) is 3.52. The van der Waals surface area contributed by atoms with Crippen LogP contribution in [0.25, 0.3) is 0 Å². The second-order valence-corrected chi connectivity index (χ2v) is 3.70. The minimum absolute atomic E-state index is 0.273. The first-order valence-electron chi connectivity index (χ1n) is 5.45. The van der Waals surface area contributed by atoms with Crippen molar-refractivity contribution in [2.75, 3.05) is 12.4 Å². The fourth-order valence-electron chi connectivity index (χ4n) is 1.41. The largest absolute Gasteiger partial charge is 0.372 e. The van der Waals surface area contributed by atoms with Gasteiger partial charge in [-0.2, -0.15) is 5.10 Å². The zero-order valence-corrected chi connectivity index (χ0v) is 10.2. The Morgan fingerprint density at radius 1 is 1.44 bits per heavy atom. The molecule has 0 atom stereocenters. The quantitative estimate of drug-likeness (QED) is 0.804. The summed E-state index contributed by atoms with van der Waals surface area (Å²) < 4.78 is 1.68. The second-order valence-electron chi connectivity index (χ2n) is 3.70. The standard InChI is InChI=1S/C11H14N6O/c1-12-10-7-13-6-9(15-10)11(18)14-5-8-3-4-17(2)16-8/h3-4,6-7H,5H2,1-2H3,(H,12,15)(H,14,18). The first-order chi connectivity index (χ1) is 8.69. The van der Waals surface area contributed by atoms with Gasteiger partial charge in [0.2, 0.25) is 0 Å². The van der Waals surface area contributed by atoms with E-state index >= 15 is 0 Å². The van der Waals surface area contributed by atoms with E-state index in [1.54, 1.807) is 17.9 Å². The third-order valence-electron chi connectivity index (χ3n) is 2.32. The van der Waals surface area contributed by atoms with E-state index in [0.717, 1.165) is 5.69 Å². The molecule has 0 aromatic carbocycles. The van der Waals surface area contributed by atoms with Crippen LogP contribution in [0.2, 0.25) is 0 Å². The Morgan fingerprint density at radius 3 is 2.94 bits per heavy atom. The van der Waals surface area contributed by atoms with Gasteiger partial charge in [-0.3, -0.25) is 14.5 Å². The van der Waals surface area contributed by atoms with Crippen molar-refractivity contribution < 1.29 is 4.79 Å². The molecular weight excluding hydrogens is 232 g/mol. The lowest BCUT2D eigenvalue weighted by atomic mass is 10.4. The van der Waals surface area contributed by atoms with Gasteiger partial charge < -0.3 is 10.6 Å². The van der Waals surface area contributed by atoms with Crippen molar-refractivity contribution in [3.63, 3.8) is 0 Å². The highest BCUT2D eigenvalue weighted by molar-refractivity contribution is 5.92. The summed E-state index contributed by atoms with van der Waals surface area (Å²) in [4.78, 5) is 19.8. The zero-order chi connectivity index (χ0) is 13.0. The predicted octanol–water partition coefficient (Wildman–Crippen LogP) is 0.182. The molecule has 0 saturated heterocycles. The lowest BCUT2D eigenvalue weighted by molar-refractivity contribution is 0.0945. The highest BCUT2D eigenvalue weighted by Crippen LogP contribution is 2.01. The van der Waals surface area contributed by atoms with Crippen LogP contribution in [0.5, 0.6) is 0 Å². The summed E-state index contributed by atoms with van der Waals surface area (Å²) in [5.41, 5.74) is 1.07. The lowest BCUT2D eigenvalue weighted by Gasteiger charge is -2.04. The highest BCUT2D eigenvalue weighted by Gasteiger charge is 2.08. The van der Waals surface area contributed by atoms with Gasteiger partial charge in [0.1, 0.15) is 11.5 Å². The number of hydrogen-bond acceptors (Lipinski definition) is 5. The van der Waals surface area contributed by atoms with Crippen molar-refractivity contribution in [2.24, 2.45) is 7.05 Å². The van der Waals surface area contributed by atoms with Crippen molar-refractivity contribution in [3.05, 3.63) is 36.0 Å². The average molecular weight is 246 g/mol. The number of aromatic nitrogens is 4. The maximum absolute atomic E-state index is 11.8. The van der Waals surface area contributed by atoms with E-state index in [9.17, 15) is 4.79 Å². The van der Waals surface area contributed by atoms with Gasteiger partial charge in [0.15, 0.2) is 0 Å². The van der Waals surface area contributed by atoms with Gasteiger partial charge >= 0.3 is 0 Å². The van der Waals surface area contributed by atoms with Gasteiger partial charge in [-0.05, 0) is 6.07 Å². The average Bonchev–Trinajstić information content (AvgIpc) is 2.82. The molecule has 7 heteroatoms. The molecule has 0 aliphatic rings. The van der Waals surface area contributed by atoms with Crippen LogP contribution in [0.3, 0.4) is 0 Å². The number of carbonyl (C=O) groups excluding carboxylic acids is 1. The maximum Gasteiger partial charge on any atom is 0.271 e. The molecule has 2 N–H and O–H groups in total. The summed E-state index contributed by atoms with van der Waals surface area (Å²) in [6.07, 6.45) is 4.80. The summed E-state index contributed by atoms with van der Waals surface area (Å²) in [5, 5.41) is 9.73. The van der Waals surface area contributed by atoms with Gasteiger partial charge in [-0.1, -0.05) is 0 Å². The number of nitrogens with one attached hydrogen (secondary N) is 2. The number of anilines is 1. The number of amides is 1. The van der Waals surface area contributed by atoms with Gasteiger partial charge in [-0.25, -0.2) is 4.98 Å². The molecule has 0 aliphatic heterocycles. The summed E-state index contributed by atoms with van der Waals surface area (Å²) in [6.45, 7) is 0.366. The summed E-state index contributed by atoms with van der Waals surface area (Å²) >= 11 is 0. The molecule has 0 unspecified atom stereocenters. The normalized spacial score (nSPS) is 10.1. The number of hydrogen-bond donors (Lipinski definition) is 2. The number of nitrogens with zero attached hydrogens (tertiary/aromatic N) is 4. The van der Waals surface area contributed by atoms with Gasteiger partial charge in [0.25, 0.3) is 5.91 Å². The Hall–Kier alpha value is -2.44. The van der Waals surface area contributed by atoms with Crippen LogP contribution in [-0.4, -0.2) is 32.7 Å². The number of carbonyl (C=O) groups is 1. The number of aryl methyl sites for hydroxylation is 1. The fraction of sp³-hybridized carbons (Fsp3) is 0.273. The van der Waals surface area contributed by atoms with E-state index < -0.39 is 0 Å². The Bertz CT molecular complexity index is 550. The van der Waals surface area contributed by atoms with Gasteiger partial charge in [0.05, 0.1) is 24.6 Å². The van der Waals surface area contributed by atoms with Crippen LogP contribution in [-0.2, 0) is 13.6 Å².